The second-order valence-electron chi connectivity index (χ2n) is 3.62. The number of aromatic carboxylic acids is 1. The monoisotopic (exact) mass is 228 g/mol. The third-order valence-corrected chi connectivity index (χ3v) is 3.79. The topological polar surface area (TPSA) is 37.3 Å². The summed E-state index contributed by atoms with van der Waals surface area (Å²) in [5, 5.41) is 12.2. The summed E-state index contributed by atoms with van der Waals surface area (Å²) in [7, 11) is 0. The maximum absolute atomic E-state index is 10.9. The Hall–Kier alpha value is -1.87. The summed E-state index contributed by atoms with van der Waals surface area (Å²) in [6, 6.07) is 13.8. The van der Waals surface area contributed by atoms with E-state index in [-0.39, 0.29) is 0 Å². The number of hydrogen-bond acceptors (Lipinski definition) is 2. The summed E-state index contributed by atoms with van der Waals surface area (Å²) in [6.45, 7) is 0. The highest BCUT2D eigenvalue weighted by Gasteiger charge is 2.09. The van der Waals surface area contributed by atoms with Gasteiger partial charge in [-0.15, -0.1) is 11.3 Å². The minimum absolute atomic E-state index is 0.395. The first-order chi connectivity index (χ1) is 7.75. The Balaban J connectivity index is 2.46. The summed E-state index contributed by atoms with van der Waals surface area (Å²) >= 11 is 1.34. The molecular formula is C13H8O2S. The molecule has 0 aliphatic rings. The SMILES string of the molecule is O=C(O)c1cc2ccc3ccccc3c2s1. The molecule has 1 aromatic heterocycles. The van der Waals surface area contributed by atoms with Crippen molar-refractivity contribution in [1.29, 1.82) is 0 Å². The smallest absolute Gasteiger partial charge is 0.345 e. The predicted molar refractivity (Wildman–Crippen MR) is 66.3 cm³/mol. The molecule has 78 valence electrons. The molecule has 0 aliphatic heterocycles. The van der Waals surface area contributed by atoms with Crippen molar-refractivity contribution in [2.75, 3.05) is 0 Å². The van der Waals surface area contributed by atoms with Gasteiger partial charge < -0.3 is 5.11 Å². The van der Waals surface area contributed by atoms with Gasteiger partial charge in [-0.3, -0.25) is 0 Å². The standard InChI is InChI=1S/C13H8O2S/c14-13(15)11-7-9-6-5-8-3-1-2-4-10(8)12(9)16-11/h1-7H,(H,14,15). The first kappa shape index (κ1) is 9.36. The van der Waals surface area contributed by atoms with Crippen molar-refractivity contribution in [1.82, 2.24) is 0 Å². The van der Waals surface area contributed by atoms with Gasteiger partial charge in [0.25, 0.3) is 0 Å². The molecule has 16 heavy (non-hydrogen) atoms. The number of hydrogen-bond donors (Lipinski definition) is 1. The lowest BCUT2D eigenvalue weighted by Gasteiger charge is -1.97. The Kier molecular flexibility index (Phi) is 1.94. The molecule has 0 radical (unpaired) electrons. The minimum atomic E-state index is -0.856. The van der Waals surface area contributed by atoms with Crippen molar-refractivity contribution in [3.05, 3.63) is 47.3 Å². The third kappa shape index (κ3) is 1.29. The molecule has 0 spiro atoms. The summed E-state index contributed by atoms with van der Waals surface area (Å²) in [6.07, 6.45) is 0. The normalized spacial score (nSPS) is 11.0. The van der Waals surface area contributed by atoms with Gasteiger partial charge in [0, 0.05) is 4.70 Å². The van der Waals surface area contributed by atoms with Gasteiger partial charge in [0.05, 0.1) is 0 Å². The summed E-state index contributed by atoms with van der Waals surface area (Å²) in [5.41, 5.74) is 0. The van der Waals surface area contributed by atoms with Crippen LogP contribution < -0.4 is 0 Å². The zero-order valence-corrected chi connectivity index (χ0v) is 9.12. The zero-order chi connectivity index (χ0) is 11.1. The number of benzene rings is 2. The van der Waals surface area contributed by atoms with E-state index in [4.69, 9.17) is 5.11 Å². The minimum Gasteiger partial charge on any atom is -0.477 e. The highest BCUT2D eigenvalue weighted by atomic mass is 32.1. The number of fused-ring (bicyclic) bond motifs is 3. The van der Waals surface area contributed by atoms with Gasteiger partial charge in [0.1, 0.15) is 4.88 Å². The van der Waals surface area contributed by atoms with Crippen molar-refractivity contribution in [3.8, 4) is 0 Å². The average molecular weight is 228 g/mol. The quantitative estimate of drug-likeness (QED) is 0.688. The van der Waals surface area contributed by atoms with Crippen molar-refractivity contribution < 1.29 is 9.90 Å². The van der Waals surface area contributed by atoms with E-state index in [1.165, 1.54) is 11.3 Å². The Labute approximate surface area is 95.8 Å². The van der Waals surface area contributed by atoms with Crippen LogP contribution in [0.4, 0.5) is 0 Å². The van der Waals surface area contributed by atoms with E-state index in [0.717, 1.165) is 20.9 Å². The van der Waals surface area contributed by atoms with Crippen LogP contribution in [0.1, 0.15) is 9.67 Å². The van der Waals surface area contributed by atoms with Crippen LogP contribution in [0, 0.1) is 0 Å². The van der Waals surface area contributed by atoms with Crippen LogP contribution in [0.2, 0.25) is 0 Å². The third-order valence-electron chi connectivity index (χ3n) is 2.62. The molecule has 0 fully saturated rings. The fraction of sp³-hybridized carbons (Fsp3) is 0. The number of carboxylic acid groups (broad SMARTS) is 1. The fourth-order valence-electron chi connectivity index (χ4n) is 1.87. The zero-order valence-electron chi connectivity index (χ0n) is 8.31. The van der Waals surface area contributed by atoms with E-state index in [0.29, 0.717) is 4.88 Å². The molecule has 2 nitrogen and oxygen atoms in total. The van der Waals surface area contributed by atoms with E-state index < -0.39 is 5.97 Å². The number of carbonyl (C=O) groups is 1. The number of rotatable bonds is 1. The van der Waals surface area contributed by atoms with Gasteiger partial charge >= 0.3 is 5.97 Å². The predicted octanol–water partition coefficient (Wildman–Crippen LogP) is 3.75. The lowest BCUT2D eigenvalue weighted by atomic mass is 10.1. The van der Waals surface area contributed by atoms with Gasteiger partial charge in [-0.1, -0.05) is 36.4 Å². The molecule has 0 saturated carbocycles. The maximum atomic E-state index is 10.9. The van der Waals surface area contributed by atoms with Crippen LogP contribution in [-0.2, 0) is 0 Å². The first-order valence-electron chi connectivity index (χ1n) is 4.90. The van der Waals surface area contributed by atoms with Gasteiger partial charge in [0.2, 0.25) is 0 Å². The molecule has 0 bridgehead atoms. The molecule has 1 heterocycles. The lowest BCUT2D eigenvalue weighted by molar-refractivity contribution is 0.0702. The molecule has 2 aromatic carbocycles. The number of carboxylic acids is 1. The van der Waals surface area contributed by atoms with Crippen molar-refractivity contribution >= 4 is 38.2 Å². The fourth-order valence-corrected chi connectivity index (χ4v) is 2.91. The summed E-state index contributed by atoms with van der Waals surface area (Å²) < 4.78 is 1.05. The second kappa shape index (κ2) is 3.32. The Morgan fingerprint density at radius 1 is 1.06 bits per heavy atom. The highest BCUT2D eigenvalue weighted by Crippen LogP contribution is 2.32. The van der Waals surface area contributed by atoms with E-state index in [1.807, 2.05) is 36.4 Å². The van der Waals surface area contributed by atoms with Crippen molar-refractivity contribution in [2.45, 2.75) is 0 Å². The molecule has 0 amide bonds. The number of thiophene rings is 1. The molecule has 0 unspecified atom stereocenters. The molecule has 3 aromatic rings. The largest absolute Gasteiger partial charge is 0.477 e. The Morgan fingerprint density at radius 3 is 2.62 bits per heavy atom. The highest BCUT2D eigenvalue weighted by molar-refractivity contribution is 7.21. The van der Waals surface area contributed by atoms with E-state index in [9.17, 15) is 4.79 Å². The van der Waals surface area contributed by atoms with Gasteiger partial charge in [-0.05, 0) is 22.2 Å². The van der Waals surface area contributed by atoms with Crippen molar-refractivity contribution in [2.24, 2.45) is 0 Å². The van der Waals surface area contributed by atoms with Crippen LogP contribution in [-0.4, -0.2) is 11.1 Å². The van der Waals surface area contributed by atoms with Crippen LogP contribution in [0.3, 0.4) is 0 Å². The maximum Gasteiger partial charge on any atom is 0.345 e. The Bertz CT molecular complexity index is 697. The molecule has 0 aliphatic carbocycles. The molecule has 1 N–H and O–H groups in total. The van der Waals surface area contributed by atoms with E-state index in [1.54, 1.807) is 6.07 Å². The van der Waals surface area contributed by atoms with E-state index in [2.05, 4.69) is 0 Å². The average Bonchev–Trinajstić information content (AvgIpc) is 2.73. The second-order valence-corrected chi connectivity index (χ2v) is 4.67. The van der Waals surface area contributed by atoms with Crippen LogP contribution >= 0.6 is 11.3 Å². The lowest BCUT2D eigenvalue weighted by Crippen LogP contribution is -1.89. The molecule has 0 saturated heterocycles. The van der Waals surface area contributed by atoms with Crippen LogP contribution in [0.15, 0.2) is 42.5 Å². The first-order valence-corrected chi connectivity index (χ1v) is 5.72. The van der Waals surface area contributed by atoms with Crippen molar-refractivity contribution in [3.63, 3.8) is 0 Å². The molecular weight excluding hydrogens is 220 g/mol. The summed E-state index contributed by atoms with van der Waals surface area (Å²) in [4.78, 5) is 11.3. The van der Waals surface area contributed by atoms with Crippen LogP contribution in [0.5, 0.6) is 0 Å². The van der Waals surface area contributed by atoms with Gasteiger partial charge in [-0.25, -0.2) is 4.79 Å². The van der Waals surface area contributed by atoms with Crippen LogP contribution in [0.25, 0.3) is 20.9 Å². The van der Waals surface area contributed by atoms with E-state index >= 15 is 0 Å². The van der Waals surface area contributed by atoms with Gasteiger partial charge in [-0.2, -0.15) is 0 Å². The molecule has 3 rings (SSSR count). The Morgan fingerprint density at radius 2 is 1.81 bits per heavy atom. The van der Waals surface area contributed by atoms with Gasteiger partial charge in [0.15, 0.2) is 0 Å². The molecule has 3 heteroatoms. The molecule has 0 atom stereocenters. The summed E-state index contributed by atoms with van der Waals surface area (Å²) in [5.74, 6) is -0.856.